The van der Waals surface area contributed by atoms with Crippen molar-refractivity contribution in [3.8, 4) is 0 Å². The Hall–Kier alpha value is -0.990. The van der Waals surface area contributed by atoms with Crippen molar-refractivity contribution in [3.63, 3.8) is 0 Å². The fraction of sp³-hybridized carbons (Fsp3) is 0.182. The first-order valence-electron chi connectivity index (χ1n) is 4.43. The van der Waals surface area contributed by atoms with Gasteiger partial charge < -0.3 is 4.74 Å². The summed E-state index contributed by atoms with van der Waals surface area (Å²) in [5, 5.41) is 0.952. The molecule has 1 aromatic carbocycles. The van der Waals surface area contributed by atoms with E-state index in [-0.39, 0.29) is 5.97 Å². The van der Waals surface area contributed by atoms with E-state index < -0.39 is 0 Å². The molecule has 4 heteroatoms. The zero-order chi connectivity index (χ0) is 11.3. The molecule has 0 amide bonds. The van der Waals surface area contributed by atoms with Gasteiger partial charge in [0.15, 0.2) is 0 Å². The third kappa shape index (κ3) is 3.94. The summed E-state index contributed by atoms with van der Waals surface area (Å²) >= 11 is 11.6. The lowest BCUT2D eigenvalue weighted by molar-refractivity contribution is -0.137. The van der Waals surface area contributed by atoms with Gasteiger partial charge in [0, 0.05) is 6.08 Å². The molecule has 0 heterocycles. The summed E-state index contributed by atoms with van der Waals surface area (Å²) in [6.07, 6.45) is 2.98. The number of carbonyl (C=O) groups excluding carboxylic acids is 1. The monoisotopic (exact) mass is 244 g/mol. The predicted octanol–water partition coefficient (Wildman–Crippen LogP) is 3.57. The van der Waals surface area contributed by atoms with E-state index >= 15 is 0 Å². The van der Waals surface area contributed by atoms with Crippen molar-refractivity contribution in [2.45, 2.75) is 6.92 Å². The summed E-state index contributed by atoms with van der Waals surface area (Å²) < 4.78 is 4.73. The molecular formula is C11H10Cl2O2. The Bertz CT molecular complexity index is 386. The third-order valence-corrected chi connectivity index (χ3v) is 2.38. The number of rotatable bonds is 3. The molecule has 0 bridgehead atoms. The lowest BCUT2D eigenvalue weighted by atomic mass is 10.2. The highest BCUT2D eigenvalue weighted by Crippen LogP contribution is 2.23. The molecule has 0 aliphatic heterocycles. The van der Waals surface area contributed by atoms with E-state index in [9.17, 15) is 4.79 Å². The predicted molar refractivity (Wildman–Crippen MR) is 62.1 cm³/mol. The van der Waals surface area contributed by atoms with Crippen LogP contribution in [0.2, 0.25) is 10.0 Å². The Morgan fingerprint density at radius 3 is 2.73 bits per heavy atom. The van der Waals surface area contributed by atoms with Crippen LogP contribution in [0.15, 0.2) is 24.3 Å². The van der Waals surface area contributed by atoms with Gasteiger partial charge in [-0.15, -0.1) is 0 Å². The average molecular weight is 245 g/mol. The topological polar surface area (TPSA) is 26.3 Å². The molecular weight excluding hydrogens is 235 g/mol. The molecule has 2 nitrogen and oxygen atoms in total. The quantitative estimate of drug-likeness (QED) is 0.601. The Morgan fingerprint density at radius 2 is 2.13 bits per heavy atom. The van der Waals surface area contributed by atoms with Gasteiger partial charge in [0.2, 0.25) is 0 Å². The summed E-state index contributed by atoms with van der Waals surface area (Å²) in [5.74, 6) is -0.372. The molecule has 0 saturated carbocycles. The van der Waals surface area contributed by atoms with Crippen molar-refractivity contribution in [1.82, 2.24) is 0 Å². The van der Waals surface area contributed by atoms with Crippen LogP contribution in [0.4, 0.5) is 0 Å². The highest BCUT2D eigenvalue weighted by molar-refractivity contribution is 6.42. The molecule has 1 aromatic rings. The van der Waals surface area contributed by atoms with Gasteiger partial charge in [-0.3, -0.25) is 0 Å². The Balaban J connectivity index is 2.72. The molecule has 15 heavy (non-hydrogen) atoms. The number of halogens is 2. The SMILES string of the molecule is CCOC(=O)C=Cc1ccc(Cl)c(Cl)c1. The lowest BCUT2D eigenvalue weighted by Gasteiger charge is -1.98. The van der Waals surface area contributed by atoms with Crippen LogP contribution in [0.5, 0.6) is 0 Å². The van der Waals surface area contributed by atoms with Crippen LogP contribution in [0.25, 0.3) is 6.08 Å². The van der Waals surface area contributed by atoms with E-state index in [4.69, 9.17) is 27.9 Å². The first-order chi connectivity index (χ1) is 7.13. The first kappa shape index (κ1) is 12.1. The summed E-state index contributed by atoms with van der Waals surface area (Å²) in [6, 6.07) is 5.12. The maximum absolute atomic E-state index is 11.0. The van der Waals surface area contributed by atoms with Gasteiger partial charge in [-0.25, -0.2) is 4.79 Å². The molecule has 0 fully saturated rings. The van der Waals surface area contributed by atoms with Gasteiger partial charge in [0.25, 0.3) is 0 Å². The van der Waals surface area contributed by atoms with Crippen LogP contribution in [0.1, 0.15) is 12.5 Å². The molecule has 0 radical (unpaired) electrons. The van der Waals surface area contributed by atoms with Gasteiger partial charge in [-0.05, 0) is 30.7 Å². The Morgan fingerprint density at radius 1 is 1.40 bits per heavy atom. The molecule has 1 rings (SSSR count). The van der Waals surface area contributed by atoms with Crippen molar-refractivity contribution < 1.29 is 9.53 Å². The van der Waals surface area contributed by atoms with Crippen molar-refractivity contribution in [2.75, 3.05) is 6.61 Å². The minimum absolute atomic E-state index is 0.366. The molecule has 0 aromatic heterocycles. The maximum atomic E-state index is 11.0. The molecule has 0 saturated heterocycles. The van der Waals surface area contributed by atoms with Gasteiger partial charge in [-0.1, -0.05) is 29.3 Å². The van der Waals surface area contributed by atoms with Crippen LogP contribution in [-0.4, -0.2) is 12.6 Å². The molecule has 0 unspecified atom stereocenters. The first-order valence-corrected chi connectivity index (χ1v) is 5.19. The van der Waals surface area contributed by atoms with E-state index in [2.05, 4.69) is 0 Å². The lowest BCUT2D eigenvalue weighted by Crippen LogP contribution is -1.98. The van der Waals surface area contributed by atoms with Crippen LogP contribution in [0.3, 0.4) is 0 Å². The van der Waals surface area contributed by atoms with E-state index in [1.54, 1.807) is 31.2 Å². The highest BCUT2D eigenvalue weighted by atomic mass is 35.5. The number of esters is 1. The van der Waals surface area contributed by atoms with Crippen LogP contribution < -0.4 is 0 Å². The van der Waals surface area contributed by atoms with Gasteiger partial charge in [0.1, 0.15) is 0 Å². The molecule has 0 atom stereocenters. The summed E-state index contributed by atoms with van der Waals surface area (Å²) in [4.78, 5) is 11.0. The minimum Gasteiger partial charge on any atom is -0.463 e. The fourth-order valence-corrected chi connectivity index (χ4v) is 1.28. The van der Waals surface area contributed by atoms with E-state index in [0.29, 0.717) is 16.7 Å². The standard InChI is InChI=1S/C11H10Cl2O2/c1-2-15-11(14)6-4-8-3-5-9(12)10(13)7-8/h3-7H,2H2,1H3. The van der Waals surface area contributed by atoms with Gasteiger partial charge in [0.05, 0.1) is 16.7 Å². The summed E-state index contributed by atoms with van der Waals surface area (Å²) in [6.45, 7) is 2.12. The minimum atomic E-state index is -0.372. The average Bonchev–Trinajstić information content (AvgIpc) is 2.20. The van der Waals surface area contributed by atoms with Crippen molar-refractivity contribution >= 4 is 35.2 Å². The van der Waals surface area contributed by atoms with Gasteiger partial charge in [-0.2, -0.15) is 0 Å². The molecule has 0 aliphatic rings. The van der Waals surface area contributed by atoms with Crippen LogP contribution >= 0.6 is 23.2 Å². The van der Waals surface area contributed by atoms with Crippen molar-refractivity contribution in [2.24, 2.45) is 0 Å². The second kappa shape index (κ2) is 5.79. The number of hydrogen-bond acceptors (Lipinski definition) is 2. The zero-order valence-corrected chi connectivity index (χ0v) is 9.68. The summed E-state index contributed by atoms with van der Waals surface area (Å²) in [7, 11) is 0. The normalized spacial score (nSPS) is 10.6. The Kier molecular flexibility index (Phi) is 4.66. The fourth-order valence-electron chi connectivity index (χ4n) is 0.971. The second-order valence-corrected chi connectivity index (χ2v) is 3.57. The molecule has 0 aliphatic carbocycles. The number of carbonyl (C=O) groups is 1. The number of benzene rings is 1. The molecule has 0 N–H and O–H groups in total. The number of ether oxygens (including phenoxy) is 1. The van der Waals surface area contributed by atoms with E-state index in [1.165, 1.54) is 6.08 Å². The zero-order valence-electron chi connectivity index (χ0n) is 8.17. The smallest absolute Gasteiger partial charge is 0.330 e. The second-order valence-electron chi connectivity index (χ2n) is 2.76. The highest BCUT2D eigenvalue weighted by Gasteiger charge is 1.98. The number of hydrogen-bond donors (Lipinski definition) is 0. The van der Waals surface area contributed by atoms with E-state index in [0.717, 1.165) is 5.56 Å². The largest absolute Gasteiger partial charge is 0.463 e. The van der Waals surface area contributed by atoms with Crippen LogP contribution in [0, 0.1) is 0 Å². The third-order valence-electron chi connectivity index (χ3n) is 1.64. The maximum Gasteiger partial charge on any atom is 0.330 e. The van der Waals surface area contributed by atoms with Crippen molar-refractivity contribution in [1.29, 1.82) is 0 Å². The van der Waals surface area contributed by atoms with E-state index in [1.807, 2.05) is 0 Å². The van der Waals surface area contributed by atoms with Gasteiger partial charge >= 0.3 is 5.97 Å². The Labute approximate surface area is 98.4 Å². The van der Waals surface area contributed by atoms with Crippen LogP contribution in [-0.2, 0) is 9.53 Å². The molecule has 80 valence electrons. The summed E-state index contributed by atoms with van der Waals surface area (Å²) in [5.41, 5.74) is 0.803. The molecule has 0 spiro atoms. The van der Waals surface area contributed by atoms with Crippen molar-refractivity contribution in [3.05, 3.63) is 39.9 Å².